The number of hydrogen-bond donors (Lipinski definition) is 1. The lowest BCUT2D eigenvalue weighted by molar-refractivity contribution is 0.0740. The highest BCUT2D eigenvalue weighted by Gasteiger charge is 2.42. The van der Waals surface area contributed by atoms with E-state index >= 15 is 0 Å². The summed E-state index contributed by atoms with van der Waals surface area (Å²) >= 11 is 0. The second-order valence-electron chi connectivity index (χ2n) is 4.80. The van der Waals surface area contributed by atoms with Crippen LogP contribution in [-0.2, 0) is 12.0 Å². The Bertz CT molecular complexity index is 645. The van der Waals surface area contributed by atoms with Crippen LogP contribution >= 0.6 is 0 Å². The molecule has 1 aliphatic rings. The summed E-state index contributed by atoms with van der Waals surface area (Å²) in [6.07, 6.45) is 4.46. The topological polar surface area (TPSA) is 64.5 Å². The molecule has 2 aromatic rings. The third-order valence-corrected chi connectivity index (χ3v) is 3.77. The molecule has 0 bridgehead atoms. The molecule has 0 saturated heterocycles. The van der Waals surface area contributed by atoms with Crippen molar-refractivity contribution in [2.45, 2.75) is 18.4 Å². The van der Waals surface area contributed by atoms with E-state index in [-0.39, 0.29) is 0 Å². The van der Waals surface area contributed by atoms with E-state index in [9.17, 15) is 5.11 Å². The maximum atomic E-state index is 11.1. The quantitative estimate of drug-likeness (QED) is 0.921. The average Bonchev–Trinajstić information content (AvgIpc) is 2.85. The first-order valence-electron chi connectivity index (χ1n) is 6.44. The second-order valence-corrected chi connectivity index (χ2v) is 4.80. The van der Waals surface area contributed by atoms with Gasteiger partial charge in [0.2, 0.25) is 5.88 Å². The number of aliphatic hydroxyl groups is 1. The number of hydrogen-bond acceptors (Lipinski definition) is 5. The molecule has 1 N–H and O–H groups in total. The first-order valence-corrected chi connectivity index (χ1v) is 6.44. The monoisotopic (exact) mass is 272 g/mol. The average molecular weight is 272 g/mol. The van der Waals surface area contributed by atoms with Crippen molar-refractivity contribution in [3.8, 4) is 11.6 Å². The number of nitrogens with zero attached hydrogens (tertiary/aromatic N) is 2. The molecule has 0 aliphatic heterocycles. The van der Waals surface area contributed by atoms with Gasteiger partial charge in [-0.2, -0.15) is 0 Å². The number of ether oxygens (including phenoxy) is 2. The summed E-state index contributed by atoms with van der Waals surface area (Å²) in [6, 6.07) is 5.74. The molecule has 0 fully saturated rings. The van der Waals surface area contributed by atoms with Gasteiger partial charge in [0.15, 0.2) is 0 Å². The SMILES string of the molecule is COc1ccc2c(c1)C(O)(c1nccnc1OC)CC2. The zero-order valence-electron chi connectivity index (χ0n) is 11.5. The minimum Gasteiger partial charge on any atom is -0.497 e. The van der Waals surface area contributed by atoms with Crippen LogP contribution in [0.3, 0.4) is 0 Å². The predicted octanol–water partition coefficient (Wildman–Crippen LogP) is 1.68. The van der Waals surface area contributed by atoms with E-state index in [1.54, 1.807) is 19.5 Å². The van der Waals surface area contributed by atoms with Crippen molar-refractivity contribution in [2.24, 2.45) is 0 Å². The van der Waals surface area contributed by atoms with Crippen molar-refractivity contribution in [1.29, 1.82) is 0 Å². The molecule has 0 saturated carbocycles. The molecular formula is C15H16N2O3. The molecule has 1 aliphatic carbocycles. The van der Waals surface area contributed by atoms with Crippen LogP contribution < -0.4 is 9.47 Å². The van der Waals surface area contributed by atoms with Gasteiger partial charge in [0.25, 0.3) is 0 Å². The van der Waals surface area contributed by atoms with E-state index in [0.717, 1.165) is 17.5 Å². The van der Waals surface area contributed by atoms with Gasteiger partial charge in [-0.3, -0.25) is 4.98 Å². The molecule has 1 unspecified atom stereocenters. The number of fused-ring (bicyclic) bond motifs is 1. The molecular weight excluding hydrogens is 256 g/mol. The molecule has 5 nitrogen and oxygen atoms in total. The minimum atomic E-state index is -1.18. The maximum Gasteiger partial charge on any atom is 0.238 e. The van der Waals surface area contributed by atoms with Crippen molar-refractivity contribution in [3.05, 3.63) is 47.4 Å². The Morgan fingerprint density at radius 2 is 1.95 bits per heavy atom. The van der Waals surface area contributed by atoms with Gasteiger partial charge in [-0.15, -0.1) is 0 Å². The van der Waals surface area contributed by atoms with Gasteiger partial charge in [-0.05, 0) is 36.1 Å². The lowest BCUT2D eigenvalue weighted by Gasteiger charge is -2.24. The Morgan fingerprint density at radius 3 is 2.70 bits per heavy atom. The van der Waals surface area contributed by atoms with Crippen LogP contribution in [0.1, 0.15) is 23.2 Å². The van der Waals surface area contributed by atoms with Gasteiger partial charge < -0.3 is 14.6 Å². The fraction of sp³-hybridized carbons (Fsp3) is 0.333. The van der Waals surface area contributed by atoms with Crippen molar-refractivity contribution in [1.82, 2.24) is 9.97 Å². The third-order valence-electron chi connectivity index (χ3n) is 3.77. The Balaban J connectivity index is 2.16. The summed E-state index contributed by atoms with van der Waals surface area (Å²) < 4.78 is 10.5. The Hall–Kier alpha value is -2.14. The minimum absolute atomic E-state index is 0.352. The normalized spacial score (nSPS) is 20.6. The van der Waals surface area contributed by atoms with Crippen LogP contribution in [-0.4, -0.2) is 29.3 Å². The van der Waals surface area contributed by atoms with Gasteiger partial charge in [0.05, 0.1) is 14.2 Å². The van der Waals surface area contributed by atoms with E-state index in [1.165, 1.54) is 7.11 Å². The van der Waals surface area contributed by atoms with Crippen molar-refractivity contribution in [3.63, 3.8) is 0 Å². The van der Waals surface area contributed by atoms with Gasteiger partial charge in [0, 0.05) is 12.4 Å². The fourth-order valence-corrected chi connectivity index (χ4v) is 2.74. The highest BCUT2D eigenvalue weighted by molar-refractivity contribution is 5.48. The first kappa shape index (κ1) is 12.9. The van der Waals surface area contributed by atoms with E-state index in [2.05, 4.69) is 9.97 Å². The molecule has 1 heterocycles. The molecule has 0 spiro atoms. The summed E-state index contributed by atoms with van der Waals surface area (Å²) in [5.74, 6) is 1.07. The van der Waals surface area contributed by atoms with E-state index in [1.807, 2.05) is 18.2 Å². The van der Waals surface area contributed by atoms with Crippen LogP contribution in [0.4, 0.5) is 0 Å². The van der Waals surface area contributed by atoms with E-state index < -0.39 is 5.60 Å². The van der Waals surface area contributed by atoms with E-state index in [4.69, 9.17) is 9.47 Å². The highest BCUT2D eigenvalue weighted by Crippen LogP contribution is 2.44. The molecule has 0 amide bonds. The van der Waals surface area contributed by atoms with Gasteiger partial charge >= 0.3 is 0 Å². The van der Waals surface area contributed by atoms with Gasteiger partial charge in [0.1, 0.15) is 17.0 Å². The van der Waals surface area contributed by atoms with Crippen LogP contribution in [0.15, 0.2) is 30.6 Å². The summed E-state index contributed by atoms with van der Waals surface area (Å²) in [5.41, 5.74) is 1.19. The van der Waals surface area contributed by atoms with Crippen molar-refractivity contribution >= 4 is 0 Å². The fourth-order valence-electron chi connectivity index (χ4n) is 2.74. The zero-order valence-corrected chi connectivity index (χ0v) is 11.5. The standard InChI is InChI=1S/C15H16N2O3/c1-19-11-4-3-10-5-6-15(18,12(10)9-11)13-14(20-2)17-8-7-16-13/h3-4,7-9,18H,5-6H2,1-2H3. The molecule has 5 heteroatoms. The lowest BCUT2D eigenvalue weighted by atomic mass is 9.92. The van der Waals surface area contributed by atoms with Crippen LogP contribution in [0.2, 0.25) is 0 Å². The van der Waals surface area contributed by atoms with Gasteiger partial charge in [-0.1, -0.05) is 6.07 Å². The van der Waals surface area contributed by atoms with Crippen LogP contribution in [0, 0.1) is 0 Å². The number of aromatic nitrogens is 2. The number of rotatable bonds is 3. The third kappa shape index (κ3) is 1.82. The Kier molecular flexibility index (Phi) is 3.06. The smallest absolute Gasteiger partial charge is 0.238 e. The second kappa shape index (κ2) is 4.76. The van der Waals surface area contributed by atoms with Crippen LogP contribution in [0.25, 0.3) is 0 Å². The summed E-state index contributed by atoms with van der Waals surface area (Å²) in [5, 5.41) is 11.1. The number of benzene rings is 1. The largest absolute Gasteiger partial charge is 0.497 e. The number of aryl methyl sites for hydroxylation is 1. The summed E-state index contributed by atoms with van der Waals surface area (Å²) in [7, 11) is 3.14. The zero-order chi connectivity index (χ0) is 14.2. The summed E-state index contributed by atoms with van der Waals surface area (Å²) in [6.45, 7) is 0. The highest BCUT2D eigenvalue weighted by atomic mass is 16.5. The molecule has 3 rings (SSSR count). The molecule has 0 radical (unpaired) electrons. The molecule has 1 aromatic carbocycles. The maximum absolute atomic E-state index is 11.1. The first-order chi connectivity index (χ1) is 9.69. The Morgan fingerprint density at radius 1 is 1.15 bits per heavy atom. The Labute approximate surface area is 117 Å². The van der Waals surface area contributed by atoms with Gasteiger partial charge in [-0.25, -0.2) is 4.98 Å². The summed E-state index contributed by atoms with van der Waals surface area (Å²) in [4.78, 5) is 8.41. The van der Waals surface area contributed by atoms with Crippen molar-refractivity contribution in [2.75, 3.05) is 14.2 Å². The molecule has 1 aromatic heterocycles. The van der Waals surface area contributed by atoms with E-state index in [0.29, 0.717) is 23.7 Å². The lowest BCUT2D eigenvalue weighted by Crippen LogP contribution is -2.26. The molecule has 1 atom stereocenters. The van der Waals surface area contributed by atoms with Crippen molar-refractivity contribution < 1.29 is 14.6 Å². The van der Waals surface area contributed by atoms with Crippen LogP contribution in [0.5, 0.6) is 11.6 Å². The number of methoxy groups -OCH3 is 2. The molecule has 104 valence electrons. The predicted molar refractivity (Wildman–Crippen MR) is 72.9 cm³/mol. The molecule has 20 heavy (non-hydrogen) atoms.